The molecule has 1 heterocycles. The Morgan fingerprint density at radius 3 is 2.59 bits per heavy atom. The topological polar surface area (TPSA) is 67.2 Å². The van der Waals surface area contributed by atoms with Gasteiger partial charge in [0.25, 0.3) is 0 Å². The number of benzene rings is 1. The number of hydrogen-bond acceptors (Lipinski definition) is 3. The number of amides is 2. The smallest absolute Gasteiger partial charge is 0.314 e. The molecule has 0 bridgehead atoms. The number of carbonyl (C=O) groups is 1. The summed E-state index contributed by atoms with van der Waals surface area (Å²) in [5.74, 6) is 0.868. The Morgan fingerprint density at radius 1 is 1.23 bits per heavy atom. The third kappa shape index (κ3) is 4.31. The van der Waals surface area contributed by atoms with Crippen molar-refractivity contribution in [2.24, 2.45) is 0 Å². The summed E-state index contributed by atoms with van der Waals surface area (Å²) in [6, 6.07) is 5.81. The maximum absolute atomic E-state index is 12.9. The first kappa shape index (κ1) is 16.0. The zero-order valence-electron chi connectivity index (χ0n) is 12.8. The molecule has 5 nitrogen and oxygen atoms in total. The number of carbonyl (C=O) groups excluding carboxylic acids is 1. The van der Waals surface area contributed by atoms with Crippen LogP contribution in [-0.2, 0) is 6.42 Å². The number of halogens is 1. The van der Waals surface area contributed by atoms with Gasteiger partial charge in [-0.15, -0.1) is 0 Å². The first-order valence-corrected chi connectivity index (χ1v) is 7.34. The molecule has 0 radical (unpaired) electrons. The fourth-order valence-corrected chi connectivity index (χ4v) is 1.97. The molecule has 2 N–H and O–H groups in total. The van der Waals surface area contributed by atoms with Gasteiger partial charge in [0.1, 0.15) is 11.6 Å². The number of aryl methyl sites for hydroxylation is 1. The monoisotopic (exact) mass is 305 g/mol. The zero-order chi connectivity index (χ0) is 15.9. The molecular formula is C16H20FN3O2. The summed E-state index contributed by atoms with van der Waals surface area (Å²) in [4.78, 5) is 15.8. The largest absolute Gasteiger partial charge is 0.441 e. The van der Waals surface area contributed by atoms with Crippen molar-refractivity contribution in [1.82, 2.24) is 15.6 Å². The molecule has 1 aromatic carbocycles. The van der Waals surface area contributed by atoms with Crippen LogP contribution < -0.4 is 10.6 Å². The number of nitrogens with one attached hydrogen (secondary N) is 2. The Morgan fingerprint density at radius 2 is 1.91 bits per heavy atom. The van der Waals surface area contributed by atoms with E-state index in [9.17, 15) is 9.18 Å². The highest BCUT2D eigenvalue weighted by molar-refractivity contribution is 5.73. The zero-order valence-corrected chi connectivity index (χ0v) is 12.8. The van der Waals surface area contributed by atoms with E-state index in [1.54, 1.807) is 12.1 Å². The molecule has 0 aliphatic carbocycles. The normalized spacial score (nSPS) is 10.5. The number of oxazole rings is 1. The summed E-state index contributed by atoms with van der Waals surface area (Å²) in [7, 11) is 0. The van der Waals surface area contributed by atoms with Crippen molar-refractivity contribution in [3.8, 4) is 11.5 Å². The molecule has 0 unspecified atom stereocenters. The van der Waals surface area contributed by atoms with Crippen LogP contribution in [0.3, 0.4) is 0 Å². The third-order valence-corrected chi connectivity index (χ3v) is 3.17. The van der Waals surface area contributed by atoms with Crippen LogP contribution in [0.2, 0.25) is 0 Å². The molecule has 0 aliphatic rings. The number of rotatable bonds is 6. The predicted molar refractivity (Wildman–Crippen MR) is 82.0 cm³/mol. The summed E-state index contributed by atoms with van der Waals surface area (Å²) >= 11 is 0. The molecule has 0 spiro atoms. The average Bonchev–Trinajstić information content (AvgIpc) is 2.87. The second-order valence-electron chi connectivity index (χ2n) is 4.96. The van der Waals surface area contributed by atoms with Crippen LogP contribution in [0.25, 0.3) is 11.5 Å². The lowest BCUT2D eigenvalue weighted by Gasteiger charge is -2.05. The van der Waals surface area contributed by atoms with Gasteiger partial charge in [-0.05, 0) is 37.6 Å². The van der Waals surface area contributed by atoms with E-state index in [0.29, 0.717) is 31.2 Å². The Kier molecular flexibility index (Phi) is 5.52. The number of hydrogen-bond donors (Lipinski definition) is 2. The van der Waals surface area contributed by atoms with Gasteiger partial charge in [-0.25, -0.2) is 14.2 Å². The van der Waals surface area contributed by atoms with E-state index in [4.69, 9.17) is 4.42 Å². The molecule has 2 rings (SSSR count). The van der Waals surface area contributed by atoms with Crippen molar-refractivity contribution >= 4 is 6.03 Å². The van der Waals surface area contributed by atoms with Gasteiger partial charge in [-0.1, -0.05) is 6.92 Å². The van der Waals surface area contributed by atoms with E-state index in [2.05, 4.69) is 15.6 Å². The van der Waals surface area contributed by atoms with Crippen molar-refractivity contribution in [3.63, 3.8) is 0 Å². The van der Waals surface area contributed by atoms with Crippen molar-refractivity contribution < 1.29 is 13.6 Å². The van der Waals surface area contributed by atoms with Crippen LogP contribution in [0.5, 0.6) is 0 Å². The molecule has 6 heteroatoms. The van der Waals surface area contributed by atoms with Gasteiger partial charge in [0.15, 0.2) is 0 Å². The van der Waals surface area contributed by atoms with Crippen LogP contribution in [0.4, 0.5) is 9.18 Å². The van der Waals surface area contributed by atoms with E-state index in [0.717, 1.165) is 17.7 Å². The van der Waals surface area contributed by atoms with Gasteiger partial charge in [0, 0.05) is 25.1 Å². The van der Waals surface area contributed by atoms with Crippen molar-refractivity contribution in [2.45, 2.75) is 26.7 Å². The van der Waals surface area contributed by atoms with E-state index < -0.39 is 0 Å². The highest BCUT2D eigenvalue weighted by Crippen LogP contribution is 2.22. The summed E-state index contributed by atoms with van der Waals surface area (Å²) in [5, 5.41) is 5.51. The first-order valence-electron chi connectivity index (χ1n) is 7.34. The van der Waals surface area contributed by atoms with Gasteiger partial charge in [-0.2, -0.15) is 0 Å². The van der Waals surface area contributed by atoms with Crippen molar-refractivity contribution in [3.05, 3.63) is 41.5 Å². The van der Waals surface area contributed by atoms with E-state index >= 15 is 0 Å². The highest BCUT2D eigenvalue weighted by atomic mass is 19.1. The molecule has 0 fully saturated rings. The maximum atomic E-state index is 12.9. The Bertz CT molecular complexity index is 623. The number of nitrogens with zero attached hydrogens (tertiary/aromatic N) is 1. The highest BCUT2D eigenvalue weighted by Gasteiger charge is 2.11. The molecule has 0 saturated carbocycles. The summed E-state index contributed by atoms with van der Waals surface area (Å²) in [6.07, 6.45) is 1.48. The SMILES string of the molecule is CCCNC(=O)NCCc1nc(-c2ccc(F)cc2)oc1C. The molecule has 2 aromatic rings. The Hall–Kier alpha value is -2.37. The van der Waals surface area contributed by atoms with Crippen LogP contribution in [-0.4, -0.2) is 24.1 Å². The van der Waals surface area contributed by atoms with Gasteiger partial charge in [0.2, 0.25) is 5.89 Å². The minimum absolute atomic E-state index is 0.179. The molecule has 2 amide bonds. The fraction of sp³-hybridized carbons (Fsp3) is 0.375. The minimum Gasteiger partial charge on any atom is -0.441 e. The number of aromatic nitrogens is 1. The summed E-state index contributed by atoms with van der Waals surface area (Å²) in [5.41, 5.74) is 1.51. The molecule has 0 saturated heterocycles. The standard InChI is InChI=1S/C16H20FN3O2/c1-3-9-18-16(21)19-10-8-14-11(2)22-15(20-14)12-4-6-13(17)7-5-12/h4-7H,3,8-10H2,1-2H3,(H2,18,19,21). The molecule has 0 atom stereocenters. The fourth-order valence-electron chi connectivity index (χ4n) is 1.97. The Labute approximate surface area is 128 Å². The van der Waals surface area contributed by atoms with E-state index in [1.165, 1.54) is 12.1 Å². The van der Waals surface area contributed by atoms with Gasteiger partial charge >= 0.3 is 6.03 Å². The second kappa shape index (κ2) is 7.59. The summed E-state index contributed by atoms with van der Waals surface area (Å²) < 4.78 is 18.5. The average molecular weight is 305 g/mol. The maximum Gasteiger partial charge on any atom is 0.314 e. The van der Waals surface area contributed by atoms with E-state index in [1.807, 2.05) is 13.8 Å². The quantitative estimate of drug-likeness (QED) is 0.862. The lowest BCUT2D eigenvalue weighted by atomic mass is 10.2. The third-order valence-electron chi connectivity index (χ3n) is 3.17. The molecule has 118 valence electrons. The lowest BCUT2D eigenvalue weighted by Crippen LogP contribution is -2.36. The number of urea groups is 1. The predicted octanol–water partition coefficient (Wildman–Crippen LogP) is 3.04. The van der Waals surface area contributed by atoms with E-state index in [-0.39, 0.29) is 11.8 Å². The van der Waals surface area contributed by atoms with Crippen molar-refractivity contribution in [1.29, 1.82) is 0 Å². The Balaban J connectivity index is 1.93. The van der Waals surface area contributed by atoms with Crippen LogP contribution >= 0.6 is 0 Å². The lowest BCUT2D eigenvalue weighted by molar-refractivity contribution is 0.241. The van der Waals surface area contributed by atoms with Gasteiger partial charge in [-0.3, -0.25) is 0 Å². The van der Waals surface area contributed by atoms with Crippen molar-refractivity contribution in [2.75, 3.05) is 13.1 Å². The molecule has 1 aromatic heterocycles. The molecular weight excluding hydrogens is 285 g/mol. The van der Waals surface area contributed by atoms with Crippen LogP contribution in [0, 0.1) is 12.7 Å². The molecule has 0 aliphatic heterocycles. The first-order chi connectivity index (χ1) is 10.6. The minimum atomic E-state index is -0.297. The van der Waals surface area contributed by atoms with Crippen LogP contribution in [0.15, 0.2) is 28.7 Å². The molecule has 22 heavy (non-hydrogen) atoms. The van der Waals surface area contributed by atoms with Gasteiger partial charge in [0.05, 0.1) is 5.69 Å². The van der Waals surface area contributed by atoms with Crippen LogP contribution in [0.1, 0.15) is 24.8 Å². The summed E-state index contributed by atoms with van der Waals surface area (Å²) in [6.45, 7) is 4.96. The second-order valence-corrected chi connectivity index (χ2v) is 4.96. The van der Waals surface area contributed by atoms with Gasteiger partial charge < -0.3 is 15.1 Å².